The SMILES string of the molecule is CCCCOC(=O)C(C)(CC(C)(CC(C)(CC(C)(C)C#N)C(=O)OCCN(C)C)C(=O)OCCOCCOC)SC(=S)c1ccccc1. The van der Waals surface area contributed by atoms with Crippen LogP contribution in [0.1, 0.15) is 79.2 Å². The maximum atomic E-state index is 14.2. The van der Waals surface area contributed by atoms with Gasteiger partial charge in [0.25, 0.3) is 0 Å². The molecule has 1 aromatic carbocycles. The van der Waals surface area contributed by atoms with Crippen molar-refractivity contribution >= 4 is 46.1 Å². The number of nitrogens with zero attached hydrogens (tertiary/aromatic N) is 2. The van der Waals surface area contributed by atoms with E-state index in [0.29, 0.717) is 30.4 Å². The van der Waals surface area contributed by atoms with Crippen molar-refractivity contribution in [2.75, 3.05) is 67.4 Å². The van der Waals surface area contributed by atoms with E-state index in [2.05, 4.69) is 6.07 Å². The second-order valence-corrected chi connectivity index (χ2v) is 16.0. The molecular formula is C36H56N2O8S2. The summed E-state index contributed by atoms with van der Waals surface area (Å²) in [5.41, 5.74) is -2.90. The van der Waals surface area contributed by atoms with E-state index >= 15 is 0 Å². The van der Waals surface area contributed by atoms with Crippen LogP contribution in [-0.2, 0) is 38.1 Å². The van der Waals surface area contributed by atoms with Crippen LogP contribution in [0.4, 0.5) is 0 Å². The summed E-state index contributed by atoms with van der Waals surface area (Å²) in [6, 6.07) is 11.6. The van der Waals surface area contributed by atoms with Crippen LogP contribution in [0.3, 0.4) is 0 Å². The van der Waals surface area contributed by atoms with Gasteiger partial charge in [0, 0.05) is 13.7 Å². The van der Waals surface area contributed by atoms with Gasteiger partial charge in [-0.1, -0.05) is 67.7 Å². The van der Waals surface area contributed by atoms with Crippen molar-refractivity contribution in [1.29, 1.82) is 5.26 Å². The average molecular weight is 709 g/mol. The second kappa shape index (κ2) is 20.8. The number of hydrogen-bond acceptors (Lipinski definition) is 12. The Balaban J connectivity index is 3.66. The Morgan fingerprint density at radius 3 is 1.94 bits per heavy atom. The zero-order chi connectivity index (χ0) is 36.4. The number of benzene rings is 1. The van der Waals surface area contributed by atoms with E-state index < -0.39 is 38.9 Å². The summed E-state index contributed by atoms with van der Waals surface area (Å²) in [7, 11) is 5.31. The molecule has 0 aliphatic rings. The number of hydrogen-bond donors (Lipinski definition) is 0. The van der Waals surface area contributed by atoms with Gasteiger partial charge in [-0.2, -0.15) is 5.26 Å². The number of rotatable bonds is 23. The Hall–Kier alpha value is -2.56. The molecule has 0 aliphatic heterocycles. The molecule has 0 aliphatic carbocycles. The van der Waals surface area contributed by atoms with Gasteiger partial charge in [0.05, 0.1) is 52.9 Å². The van der Waals surface area contributed by atoms with Gasteiger partial charge in [-0.05, 0) is 80.0 Å². The monoisotopic (exact) mass is 708 g/mol. The Labute approximate surface area is 297 Å². The molecule has 0 amide bonds. The van der Waals surface area contributed by atoms with Crippen LogP contribution < -0.4 is 0 Å². The Kier molecular flexibility index (Phi) is 18.9. The lowest BCUT2D eigenvalue weighted by Crippen LogP contribution is -2.48. The number of ether oxygens (including phenoxy) is 5. The van der Waals surface area contributed by atoms with Crippen LogP contribution in [0.25, 0.3) is 0 Å². The Morgan fingerprint density at radius 1 is 0.812 bits per heavy atom. The van der Waals surface area contributed by atoms with Crippen molar-refractivity contribution in [1.82, 2.24) is 4.90 Å². The van der Waals surface area contributed by atoms with Crippen molar-refractivity contribution in [3.63, 3.8) is 0 Å². The molecule has 3 unspecified atom stereocenters. The molecule has 1 rings (SSSR count). The molecule has 48 heavy (non-hydrogen) atoms. The molecule has 0 spiro atoms. The fourth-order valence-electron chi connectivity index (χ4n) is 5.59. The van der Waals surface area contributed by atoms with Crippen LogP contribution >= 0.6 is 24.0 Å². The summed E-state index contributed by atoms with van der Waals surface area (Å²) in [6.07, 6.45) is 1.48. The van der Waals surface area contributed by atoms with Gasteiger partial charge >= 0.3 is 17.9 Å². The number of carbonyl (C=O) groups excluding carboxylic acids is 3. The minimum Gasteiger partial charge on any atom is -0.465 e. The highest BCUT2D eigenvalue weighted by atomic mass is 32.2. The van der Waals surface area contributed by atoms with Crippen LogP contribution in [0.2, 0.25) is 0 Å². The fourth-order valence-corrected chi connectivity index (χ4v) is 7.47. The molecule has 0 heterocycles. The van der Waals surface area contributed by atoms with Gasteiger partial charge < -0.3 is 28.6 Å². The van der Waals surface area contributed by atoms with Crippen molar-refractivity contribution in [2.24, 2.45) is 16.2 Å². The number of nitriles is 1. The number of thiocarbonyl (C=S) groups is 1. The number of likely N-dealkylation sites (N-methyl/N-ethyl adjacent to an activating group) is 1. The number of methoxy groups -OCH3 is 1. The smallest absolute Gasteiger partial charge is 0.322 e. The third-order valence-corrected chi connectivity index (χ3v) is 9.45. The molecule has 0 aromatic heterocycles. The van der Waals surface area contributed by atoms with Crippen molar-refractivity contribution in [3.05, 3.63) is 35.9 Å². The predicted octanol–water partition coefficient (Wildman–Crippen LogP) is 6.24. The third kappa shape index (κ3) is 14.9. The Morgan fingerprint density at radius 2 is 1.38 bits per heavy atom. The first-order valence-corrected chi connectivity index (χ1v) is 17.6. The van der Waals surface area contributed by atoms with E-state index in [1.54, 1.807) is 41.7 Å². The van der Waals surface area contributed by atoms with Crippen LogP contribution in [0, 0.1) is 27.6 Å². The molecule has 0 radical (unpaired) electrons. The van der Waals surface area contributed by atoms with E-state index in [-0.39, 0.29) is 45.7 Å². The highest BCUT2D eigenvalue weighted by Crippen LogP contribution is 2.50. The largest absolute Gasteiger partial charge is 0.465 e. The molecule has 0 saturated heterocycles. The van der Waals surface area contributed by atoms with Gasteiger partial charge in [-0.3, -0.25) is 14.4 Å². The topological polar surface area (TPSA) is 124 Å². The minimum atomic E-state index is -1.43. The number of carbonyl (C=O) groups is 3. The molecule has 0 N–H and O–H groups in total. The summed E-state index contributed by atoms with van der Waals surface area (Å²) >= 11 is 6.96. The van der Waals surface area contributed by atoms with Gasteiger partial charge in [0.15, 0.2) is 0 Å². The normalized spacial score (nSPS) is 15.4. The quantitative estimate of drug-likeness (QED) is 0.0553. The summed E-state index contributed by atoms with van der Waals surface area (Å²) in [6.45, 7) is 12.3. The van der Waals surface area contributed by atoms with Gasteiger partial charge in [0.2, 0.25) is 0 Å². The molecule has 270 valence electrons. The lowest BCUT2D eigenvalue weighted by Gasteiger charge is -2.42. The predicted molar refractivity (Wildman–Crippen MR) is 193 cm³/mol. The van der Waals surface area contributed by atoms with E-state index in [4.69, 9.17) is 35.9 Å². The van der Waals surface area contributed by atoms with Gasteiger partial charge in [-0.25, -0.2) is 0 Å². The van der Waals surface area contributed by atoms with Gasteiger partial charge in [-0.15, -0.1) is 0 Å². The summed E-state index contributed by atoms with van der Waals surface area (Å²) in [5, 5.41) is 9.97. The standard InChI is InChI=1S/C36H56N2O8S2/c1-10-11-18-44-32(41)36(6,48-29(47)28-15-13-12-14-16-28)26-35(5,31(40)46-23-22-43-21-20-42-9)25-34(4,24-33(2,3)27-37)30(39)45-19-17-38(7)8/h12-16H,10-11,17-26H2,1-9H3. The number of thioether (sulfide) groups is 1. The fraction of sp³-hybridized carbons (Fsp3) is 0.694. The molecule has 1 aromatic rings. The third-order valence-electron chi connectivity index (χ3n) is 7.78. The van der Waals surface area contributed by atoms with Gasteiger partial charge in [0.1, 0.15) is 18.0 Å². The van der Waals surface area contributed by atoms with E-state index in [0.717, 1.165) is 23.7 Å². The van der Waals surface area contributed by atoms with Crippen LogP contribution in [-0.4, -0.2) is 99.1 Å². The first-order valence-electron chi connectivity index (χ1n) is 16.4. The zero-order valence-electron chi connectivity index (χ0n) is 30.3. The summed E-state index contributed by atoms with van der Waals surface area (Å²) in [5.74, 6) is -1.67. The first-order chi connectivity index (χ1) is 22.5. The number of unbranched alkanes of at least 4 members (excludes halogenated alkanes) is 1. The Bertz CT molecular complexity index is 1220. The molecule has 0 fully saturated rings. The molecule has 0 bridgehead atoms. The molecular weight excluding hydrogens is 653 g/mol. The number of esters is 3. The maximum absolute atomic E-state index is 14.2. The molecule has 0 saturated carbocycles. The van der Waals surface area contributed by atoms with Crippen LogP contribution in [0.15, 0.2) is 30.3 Å². The van der Waals surface area contributed by atoms with E-state index in [9.17, 15) is 19.6 Å². The van der Waals surface area contributed by atoms with Crippen LogP contribution in [0.5, 0.6) is 0 Å². The zero-order valence-corrected chi connectivity index (χ0v) is 32.0. The molecule has 3 atom stereocenters. The maximum Gasteiger partial charge on any atom is 0.322 e. The van der Waals surface area contributed by atoms with E-state index in [1.807, 2.05) is 56.3 Å². The minimum absolute atomic E-state index is 0.0426. The van der Waals surface area contributed by atoms with E-state index in [1.165, 1.54) is 0 Å². The van der Waals surface area contributed by atoms with Crippen molar-refractivity contribution < 1.29 is 38.1 Å². The summed E-state index contributed by atoms with van der Waals surface area (Å²) in [4.78, 5) is 43.9. The lowest BCUT2D eigenvalue weighted by molar-refractivity contribution is -0.167. The lowest BCUT2D eigenvalue weighted by atomic mass is 9.64. The van der Waals surface area contributed by atoms with Crippen molar-refractivity contribution in [3.8, 4) is 6.07 Å². The molecule has 12 heteroatoms. The highest BCUT2D eigenvalue weighted by molar-refractivity contribution is 8.25. The summed E-state index contributed by atoms with van der Waals surface area (Å²) < 4.78 is 26.9. The highest BCUT2D eigenvalue weighted by Gasteiger charge is 2.53. The molecule has 10 nitrogen and oxygen atoms in total. The first kappa shape index (κ1) is 43.5. The second-order valence-electron chi connectivity index (χ2n) is 13.8. The van der Waals surface area contributed by atoms with Crippen molar-refractivity contribution in [2.45, 2.75) is 78.4 Å². The average Bonchev–Trinajstić information content (AvgIpc) is 3.02.